The third-order valence-corrected chi connectivity index (χ3v) is 3.58. The summed E-state index contributed by atoms with van der Waals surface area (Å²) < 4.78 is 13.3. The van der Waals surface area contributed by atoms with Crippen molar-refractivity contribution in [3.05, 3.63) is 35.6 Å². The molecule has 0 aromatic heterocycles. The largest absolute Gasteiger partial charge is 0.316 e. The Balaban J connectivity index is 2.59. The summed E-state index contributed by atoms with van der Waals surface area (Å²) in [5.41, 5.74) is 1.11. The second-order valence-corrected chi connectivity index (χ2v) is 6.07. The summed E-state index contributed by atoms with van der Waals surface area (Å²) in [5, 5.41) is 3.48. The third-order valence-electron chi connectivity index (χ3n) is 2.93. The smallest absolute Gasteiger partial charge is 0.123 e. The van der Waals surface area contributed by atoms with Gasteiger partial charge in [-0.3, -0.25) is 0 Å². The molecule has 1 unspecified atom stereocenters. The van der Waals surface area contributed by atoms with E-state index in [4.69, 9.17) is 0 Å². The Labute approximate surface area is 115 Å². The van der Waals surface area contributed by atoms with Gasteiger partial charge < -0.3 is 5.32 Å². The number of thioether (sulfide) groups is 1. The quantitative estimate of drug-likeness (QED) is 0.768. The van der Waals surface area contributed by atoms with Crippen LogP contribution in [0.5, 0.6) is 0 Å². The van der Waals surface area contributed by atoms with Crippen molar-refractivity contribution in [2.75, 3.05) is 25.1 Å². The highest BCUT2D eigenvalue weighted by atomic mass is 32.2. The minimum atomic E-state index is -0.134. The maximum atomic E-state index is 13.3. The van der Waals surface area contributed by atoms with Crippen molar-refractivity contribution in [2.24, 2.45) is 5.92 Å². The standard InChI is InChI=1S/C15H24FNS/c1-12(2)10-17-11-14(7-8-18-3)13-5-4-6-15(16)9-13/h4-6,9,12,14,17H,7-8,10-11H2,1-3H3. The highest BCUT2D eigenvalue weighted by Crippen LogP contribution is 2.21. The Morgan fingerprint density at radius 2 is 2.06 bits per heavy atom. The van der Waals surface area contributed by atoms with Crippen LogP contribution < -0.4 is 5.32 Å². The van der Waals surface area contributed by atoms with Crippen LogP contribution >= 0.6 is 11.8 Å². The van der Waals surface area contributed by atoms with E-state index in [1.165, 1.54) is 6.07 Å². The van der Waals surface area contributed by atoms with Crippen LogP contribution in [0.25, 0.3) is 0 Å². The van der Waals surface area contributed by atoms with Crippen molar-refractivity contribution in [3.8, 4) is 0 Å². The fourth-order valence-electron chi connectivity index (χ4n) is 1.95. The van der Waals surface area contributed by atoms with Crippen LogP contribution in [0.4, 0.5) is 4.39 Å². The SMILES string of the molecule is CSCCC(CNCC(C)C)c1cccc(F)c1. The molecule has 0 heterocycles. The van der Waals surface area contributed by atoms with Crippen LogP contribution in [-0.2, 0) is 0 Å². The first-order valence-corrected chi connectivity index (χ1v) is 7.98. The normalized spacial score (nSPS) is 12.9. The molecule has 0 fully saturated rings. The molecule has 0 amide bonds. The second-order valence-electron chi connectivity index (χ2n) is 5.09. The maximum Gasteiger partial charge on any atom is 0.123 e. The second kappa shape index (κ2) is 8.54. The molecule has 0 aliphatic carbocycles. The lowest BCUT2D eigenvalue weighted by atomic mass is 9.96. The maximum absolute atomic E-state index is 13.3. The van der Waals surface area contributed by atoms with E-state index in [-0.39, 0.29) is 5.82 Å². The summed E-state index contributed by atoms with van der Waals surface area (Å²) in [4.78, 5) is 0. The average Bonchev–Trinajstić information content (AvgIpc) is 2.33. The van der Waals surface area contributed by atoms with Gasteiger partial charge in [-0.25, -0.2) is 4.39 Å². The van der Waals surface area contributed by atoms with Crippen molar-refractivity contribution in [3.63, 3.8) is 0 Å². The van der Waals surface area contributed by atoms with Crippen LogP contribution in [0.3, 0.4) is 0 Å². The van der Waals surface area contributed by atoms with Gasteiger partial charge in [-0.2, -0.15) is 11.8 Å². The summed E-state index contributed by atoms with van der Waals surface area (Å²) in [5.74, 6) is 2.04. The number of rotatable bonds is 8. The Bertz CT molecular complexity index is 341. The number of hydrogen-bond acceptors (Lipinski definition) is 2. The van der Waals surface area contributed by atoms with Crippen molar-refractivity contribution in [2.45, 2.75) is 26.2 Å². The molecule has 1 aromatic rings. The van der Waals surface area contributed by atoms with Gasteiger partial charge >= 0.3 is 0 Å². The fourth-order valence-corrected chi connectivity index (χ4v) is 2.47. The zero-order valence-electron chi connectivity index (χ0n) is 11.6. The van der Waals surface area contributed by atoms with Crippen molar-refractivity contribution in [1.29, 1.82) is 0 Å². The molecule has 1 aromatic carbocycles. The number of nitrogens with one attached hydrogen (secondary N) is 1. The van der Waals surface area contributed by atoms with E-state index >= 15 is 0 Å². The molecular formula is C15H24FNS. The predicted octanol–water partition coefficient (Wildman–Crippen LogP) is 3.91. The molecule has 1 N–H and O–H groups in total. The molecule has 102 valence electrons. The molecule has 18 heavy (non-hydrogen) atoms. The molecule has 0 radical (unpaired) electrons. The van der Waals surface area contributed by atoms with Crippen LogP contribution in [0, 0.1) is 11.7 Å². The number of benzene rings is 1. The minimum absolute atomic E-state index is 0.134. The van der Waals surface area contributed by atoms with Gasteiger partial charge in [0.2, 0.25) is 0 Å². The molecule has 1 rings (SSSR count). The van der Waals surface area contributed by atoms with Gasteiger partial charge in [0.15, 0.2) is 0 Å². The molecule has 0 saturated carbocycles. The minimum Gasteiger partial charge on any atom is -0.316 e. The lowest BCUT2D eigenvalue weighted by Crippen LogP contribution is -2.25. The highest BCUT2D eigenvalue weighted by Gasteiger charge is 2.11. The van der Waals surface area contributed by atoms with Gasteiger partial charge in [0, 0.05) is 6.54 Å². The first-order valence-electron chi connectivity index (χ1n) is 6.58. The van der Waals surface area contributed by atoms with Crippen molar-refractivity contribution in [1.82, 2.24) is 5.32 Å². The number of halogens is 1. The molecule has 1 atom stereocenters. The average molecular weight is 269 g/mol. The van der Waals surface area contributed by atoms with Gasteiger partial charge in [0.05, 0.1) is 0 Å². The number of hydrogen-bond donors (Lipinski definition) is 1. The molecule has 0 spiro atoms. The Kier molecular flexibility index (Phi) is 7.36. The Morgan fingerprint density at radius 1 is 1.28 bits per heavy atom. The monoisotopic (exact) mass is 269 g/mol. The molecule has 0 saturated heterocycles. The summed E-state index contributed by atoms with van der Waals surface area (Å²) in [6.07, 6.45) is 3.21. The molecule has 0 aliphatic rings. The van der Waals surface area contributed by atoms with Crippen LogP contribution in [0.15, 0.2) is 24.3 Å². The van der Waals surface area contributed by atoms with Crippen molar-refractivity contribution < 1.29 is 4.39 Å². The van der Waals surface area contributed by atoms with Crippen LogP contribution in [0.2, 0.25) is 0 Å². The van der Waals surface area contributed by atoms with E-state index < -0.39 is 0 Å². The predicted molar refractivity (Wildman–Crippen MR) is 79.8 cm³/mol. The van der Waals surface area contributed by atoms with E-state index in [1.807, 2.05) is 17.8 Å². The topological polar surface area (TPSA) is 12.0 Å². The van der Waals surface area contributed by atoms with Crippen LogP contribution in [-0.4, -0.2) is 25.1 Å². The summed E-state index contributed by atoms with van der Waals surface area (Å²) in [6.45, 7) is 6.35. The first-order chi connectivity index (χ1) is 8.63. The first kappa shape index (κ1) is 15.5. The highest BCUT2D eigenvalue weighted by molar-refractivity contribution is 7.98. The molecule has 0 aliphatic heterocycles. The lowest BCUT2D eigenvalue weighted by molar-refractivity contribution is 0.509. The van der Waals surface area contributed by atoms with Crippen molar-refractivity contribution >= 4 is 11.8 Å². The summed E-state index contributed by atoms with van der Waals surface area (Å²) in [6, 6.07) is 7.02. The molecular weight excluding hydrogens is 245 g/mol. The van der Waals surface area contributed by atoms with E-state index in [9.17, 15) is 4.39 Å². The molecule has 0 bridgehead atoms. The molecule has 1 nitrogen and oxygen atoms in total. The van der Waals surface area contributed by atoms with Gasteiger partial charge in [-0.1, -0.05) is 26.0 Å². The van der Waals surface area contributed by atoms with E-state index in [0.717, 1.165) is 30.8 Å². The molecule has 3 heteroatoms. The zero-order valence-corrected chi connectivity index (χ0v) is 12.4. The van der Waals surface area contributed by atoms with E-state index in [0.29, 0.717) is 11.8 Å². The van der Waals surface area contributed by atoms with Gasteiger partial charge in [-0.15, -0.1) is 0 Å². The third kappa shape index (κ3) is 5.87. The Morgan fingerprint density at radius 3 is 2.67 bits per heavy atom. The zero-order chi connectivity index (χ0) is 13.4. The van der Waals surface area contributed by atoms with Gasteiger partial charge in [0.25, 0.3) is 0 Å². The summed E-state index contributed by atoms with van der Waals surface area (Å²) >= 11 is 1.85. The Hall–Kier alpha value is -0.540. The van der Waals surface area contributed by atoms with Gasteiger partial charge in [-0.05, 0) is 54.5 Å². The van der Waals surface area contributed by atoms with E-state index in [2.05, 4.69) is 25.4 Å². The fraction of sp³-hybridized carbons (Fsp3) is 0.600. The van der Waals surface area contributed by atoms with Gasteiger partial charge in [0.1, 0.15) is 5.82 Å². The summed E-state index contributed by atoms with van der Waals surface area (Å²) in [7, 11) is 0. The van der Waals surface area contributed by atoms with Crippen LogP contribution in [0.1, 0.15) is 31.7 Å². The lowest BCUT2D eigenvalue weighted by Gasteiger charge is -2.18. The van der Waals surface area contributed by atoms with E-state index in [1.54, 1.807) is 12.1 Å².